The van der Waals surface area contributed by atoms with E-state index in [4.69, 9.17) is 0 Å². The van der Waals surface area contributed by atoms with Crippen LogP contribution in [0.2, 0.25) is 0 Å². The van der Waals surface area contributed by atoms with Gasteiger partial charge in [-0.15, -0.1) is 0 Å². The van der Waals surface area contributed by atoms with Crippen LogP contribution >= 0.6 is 0 Å². The van der Waals surface area contributed by atoms with Crippen LogP contribution in [0.3, 0.4) is 0 Å². The second-order valence-corrected chi connectivity index (χ2v) is 9.83. The van der Waals surface area contributed by atoms with Crippen molar-refractivity contribution in [2.45, 2.75) is 155 Å². The molecule has 1 aromatic rings. The topological polar surface area (TPSA) is 20.2 Å². The number of phenolic OH excluding ortho intramolecular Hbond substituents is 1. The Labute approximate surface area is 195 Å². The van der Waals surface area contributed by atoms with Crippen molar-refractivity contribution in [1.82, 2.24) is 0 Å². The van der Waals surface area contributed by atoms with Crippen molar-refractivity contribution in [2.24, 2.45) is 0 Å². The maximum atomic E-state index is 10.2. The van der Waals surface area contributed by atoms with Gasteiger partial charge in [0.25, 0.3) is 0 Å². The molecule has 0 saturated carbocycles. The molecule has 0 saturated heterocycles. The van der Waals surface area contributed by atoms with Crippen LogP contribution in [0.5, 0.6) is 5.75 Å². The molecule has 0 heterocycles. The predicted octanol–water partition coefficient (Wildman–Crippen LogP) is 10.3. The SMILES string of the molecule is CCCCCCCCCCCCc1ccc(O)c(CCCCCCCCCCCC)c1. The Balaban J connectivity index is 2.06. The van der Waals surface area contributed by atoms with Crippen LogP contribution in [-0.4, -0.2) is 5.11 Å². The summed E-state index contributed by atoms with van der Waals surface area (Å²) in [5.74, 6) is 0.503. The first kappa shape index (κ1) is 28.1. The molecule has 180 valence electrons. The lowest BCUT2D eigenvalue weighted by molar-refractivity contribution is 0.465. The maximum Gasteiger partial charge on any atom is 0.118 e. The summed E-state index contributed by atoms with van der Waals surface area (Å²) in [6.45, 7) is 4.57. The van der Waals surface area contributed by atoms with Gasteiger partial charge in [0.2, 0.25) is 0 Å². The first-order valence-electron chi connectivity index (χ1n) is 14.1. The minimum absolute atomic E-state index is 0.503. The normalized spacial score (nSPS) is 11.3. The van der Waals surface area contributed by atoms with E-state index in [2.05, 4.69) is 26.0 Å². The molecule has 0 amide bonds. The Morgan fingerprint density at radius 3 is 1.32 bits per heavy atom. The van der Waals surface area contributed by atoms with Crippen LogP contribution < -0.4 is 0 Å². The first-order valence-corrected chi connectivity index (χ1v) is 14.1. The van der Waals surface area contributed by atoms with Crippen molar-refractivity contribution >= 4 is 0 Å². The van der Waals surface area contributed by atoms with Crippen LogP contribution in [-0.2, 0) is 12.8 Å². The van der Waals surface area contributed by atoms with Gasteiger partial charge in [0.05, 0.1) is 0 Å². The van der Waals surface area contributed by atoms with Gasteiger partial charge < -0.3 is 5.11 Å². The van der Waals surface area contributed by atoms with Crippen molar-refractivity contribution in [3.63, 3.8) is 0 Å². The molecule has 0 radical (unpaired) electrons. The van der Waals surface area contributed by atoms with Crippen molar-refractivity contribution in [3.05, 3.63) is 29.3 Å². The number of aryl methyl sites for hydroxylation is 2. The molecule has 0 atom stereocenters. The molecule has 1 rings (SSSR count). The predicted molar refractivity (Wildman–Crippen MR) is 139 cm³/mol. The van der Waals surface area contributed by atoms with Crippen molar-refractivity contribution in [2.75, 3.05) is 0 Å². The lowest BCUT2D eigenvalue weighted by atomic mass is 9.99. The van der Waals surface area contributed by atoms with Crippen molar-refractivity contribution in [3.8, 4) is 5.75 Å². The van der Waals surface area contributed by atoms with Crippen LogP contribution in [0.4, 0.5) is 0 Å². The molecule has 0 bridgehead atoms. The largest absolute Gasteiger partial charge is 0.508 e. The Hall–Kier alpha value is -0.980. The Bertz CT molecular complexity index is 507. The van der Waals surface area contributed by atoms with Gasteiger partial charge in [0.1, 0.15) is 5.75 Å². The van der Waals surface area contributed by atoms with Crippen molar-refractivity contribution in [1.29, 1.82) is 0 Å². The first-order chi connectivity index (χ1) is 15.3. The van der Waals surface area contributed by atoms with Gasteiger partial charge in [-0.1, -0.05) is 142 Å². The lowest BCUT2D eigenvalue weighted by Gasteiger charge is -2.09. The fraction of sp³-hybridized carbons (Fsp3) is 0.800. The number of aromatic hydroxyl groups is 1. The summed E-state index contributed by atoms with van der Waals surface area (Å²) >= 11 is 0. The minimum atomic E-state index is 0.503. The molecule has 1 aromatic carbocycles. The van der Waals surface area contributed by atoms with E-state index in [1.807, 2.05) is 6.07 Å². The molecule has 0 unspecified atom stereocenters. The van der Waals surface area contributed by atoms with Crippen LogP contribution in [0.1, 0.15) is 153 Å². The summed E-state index contributed by atoms with van der Waals surface area (Å²) in [4.78, 5) is 0. The molecule has 0 aromatic heterocycles. The Kier molecular flexibility index (Phi) is 18.9. The highest BCUT2D eigenvalue weighted by Crippen LogP contribution is 2.23. The second kappa shape index (κ2) is 20.9. The van der Waals surface area contributed by atoms with E-state index in [0.717, 1.165) is 6.42 Å². The quantitative estimate of drug-likeness (QED) is 0.181. The molecule has 0 aliphatic carbocycles. The summed E-state index contributed by atoms with van der Waals surface area (Å²) < 4.78 is 0. The zero-order valence-electron chi connectivity index (χ0n) is 21.2. The van der Waals surface area contributed by atoms with Gasteiger partial charge in [-0.3, -0.25) is 0 Å². The summed E-state index contributed by atoms with van der Waals surface area (Å²) in [7, 11) is 0. The van der Waals surface area contributed by atoms with E-state index in [9.17, 15) is 5.11 Å². The van der Waals surface area contributed by atoms with E-state index in [0.29, 0.717) is 5.75 Å². The molecule has 1 N–H and O–H groups in total. The highest BCUT2D eigenvalue weighted by atomic mass is 16.3. The smallest absolute Gasteiger partial charge is 0.118 e. The molecule has 0 aliphatic heterocycles. The summed E-state index contributed by atoms with van der Waals surface area (Å²) in [6, 6.07) is 6.33. The van der Waals surface area contributed by atoms with Crippen molar-refractivity contribution < 1.29 is 5.11 Å². The second-order valence-electron chi connectivity index (χ2n) is 9.83. The average molecular weight is 431 g/mol. The lowest BCUT2D eigenvalue weighted by Crippen LogP contribution is -1.92. The van der Waals surface area contributed by atoms with Gasteiger partial charge in [-0.05, 0) is 42.9 Å². The fourth-order valence-corrected chi connectivity index (χ4v) is 4.61. The Morgan fingerprint density at radius 2 is 0.871 bits per heavy atom. The van der Waals surface area contributed by atoms with Crippen LogP contribution in [0, 0.1) is 0 Å². The third-order valence-corrected chi connectivity index (χ3v) is 6.76. The van der Waals surface area contributed by atoms with E-state index in [1.54, 1.807) is 0 Å². The van der Waals surface area contributed by atoms with Gasteiger partial charge in [-0.2, -0.15) is 0 Å². The zero-order valence-corrected chi connectivity index (χ0v) is 21.2. The summed E-state index contributed by atoms with van der Waals surface area (Å²) in [6.07, 6.45) is 29.8. The van der Waals surface area contributed by atoms with Gasteiger partial charge in [-0.25, -0.2) is 0 Å². The molecule has 31 heavy (non-hydrogen) atoms. The number of unbranched alkanes of at least 4 members (excludes halogenated alkanes) is 18. The van der Waals surface area contributed by atoms with Gasteiger partial charge in [0.15, 0.2) is 0 Å². The van der Waals surface area contributed by atoms with Gasteiger partial charge in [0, 0.05) is 0 Å². The van der Waals surface area contributed by atoms with E-state index >= 15 is 0 Å². The minimum Gasteiger partial charge on any atom is -0.508 e. The third-order valence-electron chi connectivity index (χ3n) is 6.76. The van der Waals surface area contributed by atoms with E-state index < -0.39 is 0 Å². The number of phenols is 1. The molecule has 0 aliphatic rings. The number of hydrogen-bond donors (Lipinski definition) is 1. The molecular weight excluding hydrogens is 376 g/mol. The molecular formula is C30H54O. The number of rotatable bonds is 22. The van der Waals surface area contributed by atoms with Crippen LogP contribution in [0.25, 0.3) is 0 Å². The van der Waals surface area contributed by atoms with E-state index in [-0.39, 0.29) is 0 Å². The molecule has 1 nitrogen and oxygen atoms in total. The highest BCUT2D eigenvalue weighted by Gasteiger charge is 2.04. The molecule has 0 spiro atoms. The average Bonchev–Trinajstić information content (AvgIpc) is 2.78. The summed E-state index contributed by atoms with van der Waals surface area (Å²) in [5.41, 5.74) is 2.59. The van der Waals surface area contributed by atoms with E-state index in [1.165, 1.54) is 146 Å². The number of benzene rings is 1. The zero-order chi connectivity index (χ0) is 22.4. The monoisotopic (exact) mass is 430 g/mol. The number of hydrogen-bond acceptors (Lipinski definition) is 1. The fourth-order valence-electron chi connectivity index (χ4n) is 4.61. The third kappa shape index (κ3) is 16.3. The summed E-state index contributed by atoms with van der Waals surface area (Å²) in [5, 5.41) is 10.2. The molecule has 1 heteroatoms. The highest BCUT2D eigenvalue weighted by molar-refractivity contribution is 5.36. The van der Waals surface area contributed by atoms with Gasteiger partial charge >= 0.3 is 0 Å². The van der Waals surface area contributed by atoms with Crippen LogP contribution in [0.15, 0.2) is 18.2 Å². The molecule has 0 fully saturated rings. The standard InChI is InChI=1S/C30H54O/c1-3-5-7-9-11-13-15-17-19-21-23-28-25-26-30(31)29(27-28)24-22-20-18-16-14-12-10-8-6-4-2/h25-27,31H,3-24H2,1-2H3. The maximum absolute atomic E-state index is 10.2. The Morgan fingerprint density at radius 1 is 0.484 bits per heavy atom.